The van der Waals surface area contributed by atoms with Crippen LogP contribution in [0, 0.1) is 5.82 Å². The molecule has 0 aromatic heterocycles. The second-order valence-corrected chi connectivity index (χ2v) is 4.76. The van der Waals surface area contributed by atoms with Crippen molar-refractivity contribution < 1.29 is 9.13 Å². The van der Waals surface area contributed by atoms with Gasteiger partial charge in [0.15, 0.2) is 0 Å². The molecule has 0 unspecified atom stereocenters. The first kappa shape index (κ1) is 13.7. The summed E-state index contributed by atoms with van der Waals surface area (Å²) in [5.74, 6) is 0.339. The molecule has 2 aromatic rings. The number of nitrogens with two attached hydrogens (primary N) is 1. The van der Waals surface area contributed by atoms with Crippen LogP contribution in [0.25, 0.3) is 0 Å². The number of nitrogen functional groups attached to an aromatic ring is 1. The normalized spacial score (nSPS) is 10.3. The fourth-order valence-corrected chi connectivity index (χ4v) is 2.01. The number of halogens is 2. The molecule has 0 bridgehead atoms. The summed E-state index contributed by atoms with van der Waals surface area (Å²) in [5, 5.41) is 3.15. The van der Waals surface area contributed by atoms with E-state index in [4.69, 9.17) is 10.5 Å². The molecule has 5 heteroatoms. The molecule has 0 aliphatic carbocycles. The van der Waals surface area contributed by atoms with Crippen LogP contribution < -0.4 is 15.8 Å². The minimum absolute atomic E-state index is 0.340. The molecule has 0 saturated carbocycles. The Morgan fingerprint density at radius 2 is 2.00 bits per heavy atom. The molecule has 0 amide bonds. The average Bonchev–Trinajstić information content (AvgIpc) is 2.38. The predicted molar refractivity (Wildman–Crippen MR) is 79.4 cm³/mol. The van der Waals surface area contributed by atoms with Gasteiger partial charge >= 0.3 is 0 Å². The van der Waals surface area contributed by atoms with E-state index in [1.54, 1.807) is 6.07 Å². The van der Waals surface area contributed by atoms with E-state index in [0.29, 0.717) is 22.5 Å². The quantitative estimate of drug-likeness (QED) is 0.824. The van der Waals surface area contributed by atoms with Crippen LogP contribution in [-0.2, 0) is 0 Å². The molecule has 3 N–H and O–H groups in total. The van der Waals surface area contributed by atoms with Crippen LogP contribution >= 0.6 is 15.9 Å². The zero-order chi connectivity index (χ0) is 13.8. The number of para-hydroxylation sites is 2. The summed E-state index contributed by atoms with van der Waals surface area (Å²) in [6.07, 6.45) is 0. The van der Waals surface area contributed by atoms with Crippen molar-refractivity contribution >= 4 is 33.0 Å². The lowest BCUT2D eigenvalue weighted by molar-refractivity contribution is 0.342. The predicted octanol–water partition coefficient (Wildman–Crippen LogP) is 4.31. The topological polar surface area (TPSA) is 47.3 Å². The molecule has 0 fully saturated rings. The Morgan fingerprint density at radius 1 is 1.26 bits per heavy atom. The lowest BCUT2D eigenvalue weighted by Crippen LogP contribution is -2.00. The van der Waals surface area contributed by atoms with Gasteiger partial charge in [-0.1, -0.05) is 12.1 Å². The van der Waals surface area contributed by atoms with E-state index in [-0.39, 0.29) is 5.82 Å². The van der Waals surface area contributed by atoms with Gasteiger partial charge in [-0.2, -0.15) is 0 Å². The monoisotopic (exact) mass is 324 g/mol. The van der Waals surface area contributed by atoms with Crippen molar-refractivity contribution in [2.75, 3.05) is 17.7 Å². The maximum Gasteiger partial charge on any atom is 0.142 e. The standard InChI is InChI=1S/C14H14BrFN2O/c1-2-19-14-6-4-3-5-12(14)18-13-7-9(15)10(16)8-11(13)17/h3-8,18H,2,17H2,1H3. The third-order valence-electron chi connectivity index (χ3n) is 2.55. The van der Waals surface area contributed by atoms with Crippen molar-refractivity contribution in [3.63, 3.8) is 0 Å². The van der Waals surface area contributed by atoms with Gasteiger partial charge in [-0.25, -0.2) is 4.39 Å². The number of anilines is 3. The first-order valence-corrected chi connectivity index (χ1v) is 6.64. The van der Waals surface area contributed by atoms with Crippen molar-refractivity contribution in [1.82, 2.24) is 0 Å². The average molecular weight is 325 g/mol. The second-order valence-electron chi connectivity index (χ2n) is 3.91. The number of rotatable bonds is 4. The molecule has 0 aliphatic rings. The molecule has 0 saturated heterocycles. The summed E-state index contributed by atoms with van der Waals surface area (Å²) in [7, 11) is 0. The second kappa shape index (κ2) is 5.93. The minimum Gasteiger partial charge on any atom is -0.492 e. The van der Waals surface area contributed by atoms with Crippen molar-refractivity contribution in [3.8, 4) is 5.75 Å². The molecular formula is C14H14BrFN2O. The van der Waals surface area contributed by atoms with Gasteiger partial charge in [0.05, 0.1) is 28.1 Å². The maximum absolute atomic E-state index is 13.3. The van der Waals surface area contributed by atoms with E-state index in [9.17, 15) is 4.39 Å². The van der Waals surface area contributed by atoms with E-state index < -0.39 is 0 Å². The summed E-state index contributed by atoms with van der Waals surface area (Å²) in [4.78, 5) is 0. The highest BCUT2D eigenvalue weighted by atomic mass is 79.9. The molecule has 2 aromatic carbocycles. The van der Waals surface area contributed by atoms with E-state index in [1.165, 1.54) is 6.07 Å². The zero-order valence-electron chi connectivity index (χ0n) is 10.4. The molecule has 2 rings (SSSR count). The Kier molecular flexibility index (Phi) is 4.27. The summed E-state index contributed by atoms with van der Waals surface area (Å²) in [5.41, 5.74) is 7.55. The molecule has 0 heterocycles. The highest BCUT2D eigenvalue weighted by molar-refractivity contribution is 9.10. The van der Waals surface area contributed by atoms with E-state index in [0.717, 1.165) is 11.4 Å². The van der Waals surface area contributed by atoms with Gasteiger partial charge in [0.1, 0.15) is 11.6 Å². The van der Waals surface area contributed by atoms with Crippen molar-refractivity contribution in [2.45, 2.75) is 6.92 Å². The summed E-state index contributed by atoms with van der Waals surface area (Å²) in [6, 6.07) is 10.4. The molecule has 0 aliphatic heterocycles. The number of benzene rings is 2. The number of ether oxygens (including phenoxy) is 1. The van der Waals surface area contributed by atoms with Crippen LogP contribution in [-0.4, -0.2) is 6.61 Å². The van der Waals surface area contributed by atoms with Gasteiger partial charge in [0.2, 0.25) is 0 Å². The minimum atomic E-state index is -0.388. The molecule has 19 heavy (non-hydrogen) atoms. The molecule has 0 atom stereocenters. The van der Waals surface area contributed by atoms with Gasteiger partial charge in [0, 0.05) is 6.07 Å². The Labute approximate surface area is 119 Å². The maximum atomic E-state index is 13.3. The fraction of sp³-hybridized carbons (Fsp3) is 0.143. The van der Waals surface area contributed by atoms with E-state index in [2.05, 4.69) is 21.2 Å². The zero-order valence-corrected chi connectivity index (χ0v) is 12.0. The van der Waals surface area contributed by atoms with Gasteiger partial charge in [-0.05, 0) is 41.1 Å². The van der Waals surface area contributed by atoms with Crippen LogP contribution in [0.15, 0.2) is 40.9 Å². The number of nitrogens with one attached hydrogen (secondary N) is 1. The molecule has 0 spiro atoms. The SMILES string of the molecule is CCOc1ccccc1Nc1cc(Br)c(F)cc1N. The summed E-state index contributed by atoms with van der Waals surface area (Å²) < 4.78 is 19.2. The van der Waals surface area contributed by atoms with Gasteiger partial charge in [0.25, 0.3) is 0 Å². The molecule has 3 nitrogen and oxygen atoms in total. The third-order valence-corrected chi connectivity index (χ3v) is 3.16. The Bertz CT molecular complexity index is 590. The van der Waals surface area contributed by atoms with Crippen molar-refractivity contribution in [1.29, 1.82) is 0 Å². The van der Waals surface area contributed by atoms with E-state index in [1.807, 2.05) is 31.2 Å². The third kappa shape index (κ3) is 3.17. The summed E-state index contributed by atoms with van der Waals surface area (Å²) in [6.45, 7) is 2.49. The lowest BCUT2D eigenvalue weighted by Gasteiger charge is -2.14. The van der Waals surface area contributed by atoms with Crippen LogP contribution in [0.2, 0.25) is 0 Å². The van der Waals surface area contributed by atoms with Gasteiger partial charge in [-0.3, -0.25) is 0 Å². The van der Waals surface area contributed by atoms with Crippen molar-refractivity contribution in [2.24, 2.45) is 0 Å². The highest BCUT2D eigenvalue weighted by Crippen LogP contribution is 2.32. The first-order chi connectivity index (χ1) is 9.11. The Balaban J connectivity index is 2.33. The number of hydrogen-bond acceptors (Lipinski definition) is 3. The number of hydrogen-bond donors (Lipinski definition) is 2. The smallest absolute Gasteiger partial charge is 0.142 e. The van der Waals surface area contributed by atoms with Gasteiger partial charge in [-0.15, -0.1) is 0 Å². The Morgan fingerprint density at radius 3 is 2.74 bits per heavy atom. The highest BCUT2D eigenvalue weighted by Gasteiger charge is 2.08. The van der Waals surface area contributed by atoms with Crippen LogP contribution in [0.1, 0.15) is 6.92 Å². The lowest BCUT2D eigenvalue weighted by atomic mass is 10.2. The molecule has 100 valence electrons. The van der Waals surface area contributed by atoms with E-state index >= 15 is 0 Å². The Hall–Kier alpha value is -1.75. The molecule has 0 radical (unpaired) electrons. The van der Waals surface area contributed by atoms with Crippen LogP contribution in [0.4, 0.5) is 21.5 Å². The van der Waals surface area contributed by atoms with Gasteiger partial charge < -0.3 is 15.8 Å². The van der Waals surface area contributed by atoms with Crippen LogP contribution in [0.3, 0.4) is 0 Å². The molecular weight excluding hydrogens is 311 g/mol. The first-order valence-electron chi connectivity index (χ1n) is 5.85. The van der Waals surface area contributed by atoms with Crippen molar-refractivity contribution in [3.05, 3.63) is 46.7 Å². The van der Waals surface area contributed by atoms with Crippen LogP contribution in [0.5, 0.6) is 5.75 Å². The summed E-state index contributed by atoms with van der Waals surface area (Å²) >= 11 is 3.14. The fourth-order valence-electron chi connectivity index (χ4n) is 1.67. The largest absolute Gasteiger partial charge is 0.492 e.